The maximum atomic E-state index is 12.7. The fourth-order valence-corrected chi connectivity index (χ4v) is 3.23. The van der Waals surface area contributed by atoms with Crippen LogP contribution in [0.1, 0.15) is 0 Å². The number of nitrogens with zero attached hydrogens (tertiary/aromatic N) is 2. The monoisotopic (exact) mass is 322 g/mol. The zero-order valence-corrected chi connectivity index (χ0v) is 11.3. The summed E-state index contributed by atoms with van der Waals surface area (Å²) in [5.41, 5.74) is -1.00. The van der Waals surface area contributed by atoms with Crippen molar-refractivity contribution in [1.82, 2.24) is 4.90 Å². The molecule has 1 amide bonds. The highest BCUT2D eigenvalue weighted by molar-refractivity contribution is 8.14. The molecule has 1 saturated heterocycles. The molecule has 0 aromatic heterocycles. The van der Waals surface area contributed by atoms with Gasteiger partial charge in [-0.2, -0.15) is 0 Å². The van der Waals surface area contributed by atoms with Crippen molar-refractivity contribution in [3.8, 4) is 12.3 Å². The molecule has 3 N–H and O–H groups in total. The molecule has 116 valence electrons. The minimum Gasteiger partial charge on any atom is -0.465 e. The maximum absolute atomic E-state index is 12.7. The molecule has 2 aliphatic rings. The number of aliphatic imine (C=N–C) groups is 1. The third kappa shape index (κ3) is 2.96. The van der Waals surface area contributed by atoms with E-state index >= 15 is 0 Å². The number of rotatable bonds is 2. The Morgan fingerprint density at radius 3 is 2.71 bits per heavy atom. The molecule has 0 aromatic rings. The second-order valence-corrected chi connectivity index (χ2v) is 5.44. The highest BCUT2D eigenvalue weighted by Crippen LogP contribution is 2.38. The zero-order chi connectivity index (χ0) is 15.7. The van der Waals surface area contributed by atoms with Crippen LogP contribution in [0.3, 0.4) is 0 Å². The van der Waals surface area contributed by atoms with E-state index < -0.39 is 42.3 Å². The molecule has 1 fully saturated rings. The lowest BCUT2D eigenvalue weighted by Gasteiger charge is -2.37. The van der Waals surface area contributed by atoms with Crippen molar-refractivity contribution in [2.75, 3.05) is 6.54 Å². The van der Waals surface area contributed by atoms with Crippen molar-refractivity contribution in [2.24, 2.45) is 4.99 Å². The van der Waals surface area contributed by atoms with Crippen LogP contribution in [0.15, 0.2) is 4.99 Å². The first kappa shape index (κ1) is 16.0. The quantitative estimate of drug-likeness (QED) is 0.608. The third-order valence-electron chi connectivity index (χ3n) is 3.05. The van der Waals surface area contributed by atoms with E-state index in [0.717, 1.165) is 16.7 Å². The number of carbonyl (C=O) groups is 1. The lowest BCUT2D eigenvalue weighted by atomic mass is 9.98. The Labute approximate surface area is 122 Å². The van der Waals surface area contributed by atoms with Gasteiger partial charge in [0.2, 0.25) is 0 Å². The van der Waals surface area contributed by atoms with Crippen molar-refractivity contribution in [1.29, 1.82) is 0 Å². The van der Waals surface area contributed by atoms with Crippen LogP contribution in [-0.4, -0.2) is 74.2 Å². The van der Waals surface area contributed by atoms with E-state index in [1.807, 2.05) is 0 Å². The molecule has 2 rings (SSSR count). The molecule has 5 atom stereocenters. The number of halogens is 2. The summed E-state index contributed by atoms with van der Waals surface area (Å²) in [4.78, 5) is 15.7. The maximum Gasteiger partial charge on any atom is 0.414 e. The van der Waals surface area contributed by atoms with Crippen LogP contribution in [0, 0.1) is 12.3 Å². The number of aliphatic hydroxyl groups excluding tert-OH is 2. The SMILES string of the molecule is C#CCN(C(=O)O)C1=N[C@@H]2[C@@H](O)[C@H](O)[C@@H](C(F)F)O[C@@H]2S1. The van der Waals surface area contributed by atoms with Crippen LogP contribution in [0.5, 0.6) is 0 Å². The lowest BCUT2D eigenvalue weighted by Crippen LogP contribution is -2.56. The minimum atomic E-state index is -2.98. The smallest absolute Gasteiger partial charge is 0.414 e. The summed E-state index contributed by atoms with van der Waals surface area (Å²) in [6, 6.07) is -1.03. The highest BCUT2D eigenvalue weighted by Gasteiger charge is 2.51. The van der Waals surface area contributed by atoms with Gasteiger partial charge in [-0.25, -0.2) is 18.5 Å². The molecule has 2 heterocycles. The molecule has 0 saturated carbocycles. The van der Waals surface area contributed by atoms with Gasteiger partial charge in [-0.1, -0.05) is 17.7 Å². The lowest BCUT2D eigenvalue weighted by molar-refractivity contribution is -0.193. The highest BCUT2D eigenvalue weighted by atomic mass is 32.2. The van der Waals surface area contributed by atoms with E-state index in [1.54, 1.807) is 0 Å². The van der Waals surface area contributed by atoms with Crippen molar-refractivity contribution in [3.63, 3.8) is 0 Å². The third-order valence-corrected chi connectivity index (χ3v) is 4.21. The van der Waals surface area contributed by atoms with Crippen molar-refractivity contribution < 1.29 is 33.6 Å². The van der Waals surface area contributed by atoms with Gasteiger partial charge < -0.3 is 20.1 Å². The second-order valence-electron chi connectivity index (χ2n) is 4.38. The number of aliphatic hydroxyl groups is 2. The Bertz CT molecular complexity index is 497. The molecule has 2 aliphatic heterocycles. The fraction of sp³-hybridized carbons (Fsp3) is 0.636. The van der Waals surface area contributed by atoms with Gasteiger partial charge in [0.05, 0.1) is 6.54 Å². The van der Waals surface area contributed by atoms with Crippen LogP contribution in [0.2, 0.25) is 0 Å². The molecule has 21 heavy (non-hydrogen) atoms. The number of terminal acetylenes is 1. The molecular weight excluding hydrogens is 310 g/mol. The average molecular weight is 322 g/mol. The molecule has 0 aromatic carbocycles. The zero-order valence-electron chi connectivity index (χ0n) is 10.5. The van der Waals surface area contributed by atoms with Crippen LogP contribution in [0.4, 0.5) is 13.6 Å². The summed E-state index contributed by atoms with van der Waals surface area (Å²) in [5, 5.41) is 28.4. The van der Waals surface area contributed by atoms with Gasteiger partial charge in [0.15, 0.2) is 5.17 Å². The molecule has 0 spiro atoms. The van der Waals surface area contributed by atoms with E-state index in [1.165, 1.54) is 0 Å². The Hall–Kier alpha value is -1.41. The summed E-state index contributed by atoms with van der Waals surface area (Å²) in [7, 11) is 0. The summed E-state index contributed by atoms with van der Waals surface area (Å²) >= 11 is 0.771. The molecule has 0 aliphatic carbocycles. The number of carboxylic acid groups (broad SMARTS) is 1. The number of hydrogen-bond donors (Lipinski definition) is 3. The van der Waals surface area contributed by atoms with Gasteiger partial charge in [0.1, 0.15) is 29.8 Å². The minimum absolute atomic E-state index is 0.0587. The van der Waals surface area contributed by atoms with Gasteiger partial charge in [0, 0.05) is 0 Å². The van der Waals surface area contributed by atoms with Crippen molar-refractivity contribution in [2.45, 2.75) is 36.2 Å². The normalized spacial score (nSPS) is 35.0. The number of thioether (sulfide) groups is 1. The molecule has 7 nitrogen and oxygen atoms in total. The molecule has 0 unspecified atom stereocenters. The number of ether oxygens (including phenoxy) is 1. The Balaban J connectivity index is 2.19. The number of fused-ring (bicyclic) bond motifs is 1. The summed E-state index contributed by atoms with van der Waals surface area (Å²) in [6.45, 7) is -0.280. The van der Waals surface area contributed by atoms with Gasteiger partial charge in [-0.3, -0.25) is 4.99 Å². The first-order valence-electron chi connectivity index (χ1n) is 5.85. The first-order valence-corrected chi connectivity index (χ1v) is 6.73. The van der Waals surface area contributed by atoms with E-state index in [9.17, 15) is 23.8 Å². The van der Waals surface area contributed by atoms with Crippen LogP contribution in [-0.2, 0) is 4.74 Å². The van der Waals surface area contributed by atoms with Gasteiger partial charge in [0.25, 0.3) is 6.43 Å². The Morgan fingerprint density at radius 2 is 2.19 bits per heavy atom. The predicted molar refractivity (Wildman–Crippen MR) is 69.1 cm³/mol. The first-order chi connectivity index (χ1) is 9.86. The number of alkyl halides is 2. The second kappa shape index (κ2) is 6.15. The van der Waals surface area contributed by atoms with Crippen molar-refractivity contribution >= 4 is 23.0 Å². The van der Waals surface area contributed by atoms with E-state index in [-0.39, 0.29) is 11.7 Å². The summed E-state index contributed by atoms with van der Waals surface area (Å²) in [5.74, 6) is 2.13. The molecular formula is C11H12F2N2O5S. The summed E-state index contributed by atoms with van der Waals surface area (Å²) < 4.78 is 30.5. The molecule has 0 radical (unpaired) electrons. The van der Waals surface area contributed by atoms with Gasteiger partial charge in [-0.15, -0.1) is 6.42 Å². The average Bonchev–Trinajstić information content (AvgIpc) is 2.83. The van der Waals surface area contributed by atoms with E-state index in [4.69, 9.17) is 16.3 Å². The Morgan fingerprint density at radius 1 is 1.52 bits per heavy atom. The standard InChI is InChI=1S/C11H12F2N2O5S/c1-2-3-15(11(18)19)10-14-4-5(16)6(17)7(8(12)13)20-9(4)21-10/h1,4-9,16-17H,3H2,(H,18,19)/t4-,5-,6+,7+,9-/m1/s1. The number of hydrogen-bond acceptors (Lipinski definition) is 6. The number of amidine groups is 1. The van der Waals surface area contributed by atoms with Crippen molar-refractivity contribution in [3.05, 3.63) is 0 Å². The van der Waals surface area contributed by atoms with E-state index in [2.05, 4.69) is 10.9 Å². The fourth-order valence-electron chi connectivity index (χ4n) is 2.02. The van der Waals surface area contributed by atoms with Gasteiger partial charge >= 0.3 is 6.09 Å². The summed E-state index contributed by atoms with van der Waals surface area (Å²) in [6.07, 6.45) is -4.53. The van der Waals surface area contributed by atoms with Gasteiger partial charge in [-0.05, 0) is 0 Å². The largest absolute Gasteiger partial charge is 0.465 e. The molecule has 0 bridgehead atoms. The van der Waals surface area contributed by atoms with Crippen LogP contribution >= 0.6 is 11.8 Å². The topological polar surface area (TPSA) is 103 Å². The molecule has 10 heteroatoms. The van der Waals surface area contributed by atoms with E-state index in [0.29, 0.717) is 0 Å². The Kier molecular flexibility index (Phi) is 4.67. The number of amides is 1. The van der Waals surface area contributed by atoms with Crippen LogP contribution < -0.4 is 0 Å². The van der Waals surface area contributed by atoms with Crippen LogP contribution in [0.25, 0.3) is 0 Å². The predicted octanol–water partition coefficient (Wildman–Crippen LogP) is -0.217.